The Labute approximate surface area is 139 Å². The maximum Gasteiger partial charge on any atom is 0.175 e. The fraction of sp³-hybridized carbons (Fsp3) is 0.650. The number of carbonyl (C=O) groups excluding carboxylic acids is 1. The van der Waals surface area contributed by atoms with Crippen LogP contribution in [-0.2, 0) is 16.0 Å². The van der Waals surface area contributed by atoms with Crippen molar-refractivity contribution in [1.82, 2.24) is 0 Å². The molecule has 0 aliphatic heterocycles. The van der Waals surface area contributed by atoms with Gasteiger partial charge in [0.1, 0.15) is 6.61 Å². The summed E-state index contributed by atoms with van der Waals surface area (Å²) in [6, 6.07) is 9.49. The molecule has 2 aliphatic carbocycles. The van der Waals surface area contributed by atoms with Crippen molar-refractivity contribution in [2.45, 2.75) is 63.5 Å². The summed E-state index contributed by atoms with van der Waals surface area (Å²) in [5, 5.41) is 0. The van der Waals surface area contributed by atoms with Crippen LogP contribution in [0.5, 0.6) is 0 Å². The van der Waals surface area contributed by atoms with E-state index in [4.69, 9.17) is 10.5 Å². The number of hydrogen-bond acceptors (Lipinski definition) is 3. The van der Waals surface area contributed by atoms with Gasteiger partial charge in [0.05, 0.1) is 11.6 Å². The molecule has 0 aromatic heterocycles. The summed E-state index contributed by atoms with van der Waals surface area (Å²) in [5.74, 6) is 1.53. The molecule has 1 aromatic carbocycles. The molecule has 126 valence electrons. The summed E-state index contributed by atoms with van der Waals surface area (Å²) in [5.41, 5.74) is 7.06. The Morgan fingerprint density at radius 2 is 2.09 bits per heavy atom. The summed E-state index contributed by atoms with van der Waals surface area (Å²) in [6.07, 6.45) is 8.15. The van der Waals surface area contributed by atoms with E-state index >= 15 is 0 Å². The molecule has 2 fully saturated rings. The summed E-state index contributed by atoms with van der Waals surface area (Å²) in [4.78, 5) is 12.4. The molecule has 0 amide bonds. The summed E-state index contributed by atoms with van der Waals surface area (Å²) in [6.45, 7) is 2.36. The highest BCUT2D eigenvalue weighted by Gasteiger charge is 2.42. The molecule has 1 aromatic rings. The standard InChI is InChI=1S/C20H29NO2/c1-20(11-10-16-8-5-9-17(20)12-16)23-14-19(22)18(21)13-15-6-3-2-4-7-15/h2-4,6-7,16-18H,5,8-14,21H2,1H3/t16-,17-,18?,20-/m0/s1. The van der Waals surface area contributed by atoms with E-state index < -0.39 is 6.04 Å². The van der Waals surface area contributed by atoms with Gasteiger partial charge in [0.25, 0.3) is 0 Å². The van der Waals surface area contributed by atoms with Crippen LogP contribution in [0.15, 0.2) is 30.3 Å². The van der Waals surface area contributed by atoms with Crippen LogP contribution in [0.3, 0.4) is 0 Å². The molecule has 3 nitrogen and oxygen atoms in total. The second-order valence-corrected chi connectivity index (χ2v) is 7.63. The third-order valence-corrected chi connectivity index (χ3v) is 5.95. The molecule has 3 heteroatoms. The fourth-order valence-corrected chi connectivity index (χ4v) is 4.32. The second-order valence-electron chi connectivity index (χ2n) is 7.63. The van der Waals surface area contributed by atoms with Gasteiger partial charge < -0.3 is 10.5 Å². The first-order valence-corrected chi connectivity index (χ1v) is 9.03. The number of Topliss-reactive ketones (excluding diaryl/α,β-unsaturated/α-hetero) is 1. The summed E-state index contributed by atoms with van der Waals surface area (Å²) >= 11 is 0. The third-order valence-electron chi connectivity index (χ3n) is 5.95. The lowest BCUT2D eigenvalue weighted by molar-refractivity contribution is -0.145. The zero-order chi connectivity index (χ0) is 16.3. The lowest BCUT2D eigenvalue weighted by Gasteiger charge is -2.47. The van der Waals surface area contributed by atoms with Gasteiger partial charge in [0.2, 0.25) is 0 Å². The van der Waals surface area contributed by atoms with Crippen molar-refractivity contribution in [3.63, 3.8) is 0 Å². The number of benzene rings is 1. The van der Waals surface area contributed by atoms with Crippen molar-refractivity contribution < 1.29 is 9.53 Å². The van der Waals surface area contributed by atoms with Crippen LogP contribution >= 0.6 is 0 Å². The number of fused-ring (bicyclic) bond motifs is 2. The molecule has 1 unspecified atom stereocenters. The van der Waals surface area contributed by atoms with E-state index in [1.807, 2.05) is 30.3 Å². The topological polar surface area (TPSA) is 52.3 Å². The summed E-state index contributed by atoms with van der Waals surface area (Å²) < 4.78 is 6.15. The van der Waals surface area contributed by atoms with Gasteiger partial charge >= 0.3 is 0 Å². The highest BCUT2D eigenvalue weighted by molar-refractivity contribution is 5.85. The molecule has 3 rings (SSSR count). The Morgan fingerprint density at radius 3 is 2.87 bits per heavy atom. The first-order chi connectivity index (χ1) is 11.1. The highest BCUT2D eigenvalue weighted by Crippen LogP contribution is 2.46. The van der Waals surface area contributed by atoms with Crippen molar-refractivity contribution >= 4 is 5.78 Å². The van der Waals surface area contributed by atoms with Crippen LogP contribution in [0.4, 0.5) is 0 Å². The van der Waals surface area contributed by atoms with Crippen LogP contribution in [0.2, 0.25) is 0 Å². The van der Waals surface area contributed by atoms with Crippen molar-refractivity contribution in [2.24, 2.45) is 17.6 Å². The minimum atomic E-state index is -0.469. The number of nitrogens with two attached hydrogens (primary N) is 1. The van der Waals surface area contributed by atoms with Gasteiger partial charge in [-0.15, -0.1) is 0 Å². The van der Waals surface area contributed by atoms with Gasteiger partial charge in [-0.2, -0.15) is 0 Å². The van der Waals surface area contributed by atoms with Crippen molar-refractivity contribution in [1.29, 1.82) is 0 Å². The molecule has 0 radical (unpaired) electrons. The van der Waals surface area contributed by atoms with Gasteiger partial charge in [-0.05, 0) is 56.4 Å². The van der Waals surface area contributed by atoms with Gasteiger partial charge in [0, 0.05) is 0 Å². The minimum Gasteiger partial charge on any atom is -0.367 e. The number of ketones is 1. The number of ether oxygens (including phenoxy) is 1. The number of carbonyl (C=O) groups is 1. The first-order valence-electron chi connectivity index (χ1n) is 9.03. The van der Waals surface area contributed by atoms with Gasteiger partial charge in [-0.25, -0.2) is 0 Å². The zero-order valence-electron chi connectivity index (χ0n) is 14.2. The Morgan fingerprint density at radius 1 is 1.30 bits per heavy atom. The van der Waals surface area contributed by atoms with Crippen LogP contribution in [-0.4, -0.2) is 24.0 Å². The molecule has 0 saturated heterocycles. The monoisotopic (exact) mass is 315 g/mol. The third kappa shape index (κ3) is 4.02. The van der Waals surface area contributed by atoms with E-state index in [1.165, 1.54) is 32.1 Å². The Hall–Kier alpha value is -1.19. The van der Waals surface area contributed by atoms with Crippen LogP contribution in [0.25, 0.3) is 0 Å². The number of rotatable bonds is 6. The van der Waals surface area contributed by atoms with E-state index in [0.717, 1.165) is 17.9 Å². The molecule has 0 spiro atoms. The first kappa shape index (κ1) is 16.7. The lowest BCUT2D eigenvalue weighted by Crippen LogP contribution is -2.47. The molecule has 2 bridgehead atoms. The molecule has 23 heavy (non-hydrogen) atoms. The minimum absolute atomic E-state index is 0.0213. The van der Waals surface area contributed by atoms with Crippen LogP contribution in [0.1, 0.15) is 51.0 Å². The maximum absolute atomic E-state index is 12.4. The van der Waals surface area contributed by atoms with E-state index in [0.29, 0.717) is 12.3 Å². The van der Waals surface area contributed by atoms with E-state index in [-0.39, 0.29) is 18.0 Å². The normalized spacial score (nSPS) is 31.6. The van der Waals surface area contributed by atoms with Crippen LogP contribution in [0, 0.1) is 11.8 Å². The van der Waals surface area contributed by atoms with Gasteiger partial charge in [0.15, 0.2) is 5.78 Å². The molecular formula is C20H29NO2. The van der Waals surface area contributed by atoms with E-state index in [2.05, 4.69) is 6.92 Å². The molecule has 2 saturated carbocycles. The summed E-state index contributed by atoms with van der Waals surface area (Å²) in [7, 11) is 0. The maximum atomic E-state index is 12.4. The predicted molar refractivity (Wildman–Crippen MR) is 92.2 cm³/mol. The predicted octanol–water partition coefficient (Wildman–Crippen LogP) is 3.50. The molecule has 4 atom stereocenters. The van der Waals surface area contributed by atoms with E-state index in [1.54, 1.807) is 0 Å². The Kier molecular flexibility index (Phi) is 5.17. The second kappa shape index (κ2) is 7.14. The van der Waals surface area contributed by atoms with Crippen molar-refractivity contribution in [3.8, 4) is 0 Å². The average Bonchev–Trinajstić information content (AvgIpc) is 2.58. The van der Waals surface area contributed by atoms with Crippen molar-refractivity contribution in [2.75, 3.05) is 6.61 Å². The molecule has 2 aliphatic rings. The van der Waals surface area contributed by atoms with E-state index in [9.17, 15) is 4.79 Å². The Balaban J connectivity index is 1.51. The van der Waals surface area contributed by atoms with Crippen LogP contribution < -0.4 is 5.73 Å². The lowest BCUT2D eigenvalue weighted by atomic mass is 9.65. The quantitative estimate of drug-likeness (QED) is 0.874. The van der Waals surface area contributed by atoms with Gasteiger partial charge in [-0.3, -0.25) is 4.79 Å². The number of hydrogen-bond donors (Lipinski definition) is 1. The van der Waals surface area contributed by atoms with Gasteiger partial charge in [-0.1, -0.05) is 43.2 Å². The smallest absolute Gasteiger partial charge is 0.175 e. The highest BCUT2D eigenvalue weighted by atomic mass is 16.5. The SMILES string of the molecule is C[C@]1(OCC(=O)C(N)Cc2ccccc2)CC[C@@H]2CCC[C@H]1C2. The fourth-order valence-electron chi connectivity index (χ4n) is 4.32. The molecular weight excluding hydrogens is 286 g/mol. The average molecular weight is 315 g/mol. The molecule has 2 N–H and O–H groups in total. The van der Waals surface area contributed by atoms with Crippen molar-refractivity contribution in [3.05, 3.63) is 35.9 Å². The zero-order valence-corrected chi connectivity index (χ0v) is 14.2. The molecule has 0 heterocycles. The Bertz CT molecular complexity index is 530. The largest absolute Gasteiger partial charge is 0.367 e.